The Morgan fingerprint density at radius 3 is 2.94 bits per heavy atom. The van der Waals surface area contributed by atoms with E-state index in [0.29, 0.717) is 5.65 Å². The molecule has 0 saturated heterocycles. The van der Waals surface area contributed by atoms with Crippen LogP contribution in [0.15, 0.2) is 23.3 Å². The van der Waals surface area contributed by atoms with Crippen molar-refractivity contribution in [2.24, 2.45) is 0 Å². The van der Waals surface area contributed by atoms with Crippen LogP contribution < -0.4 is 5.69 Å². The summed E-state index contributed by atoms with van der Waals surface area (Å²) in [5, 5.41) is 4.82. The fourth-order valence-corrected chi connectivity index (χ4v) is 3.71. The molecule has 0 spiro atoms. The summed E-state index contributed by atoms with van der Waals surface area (Å²) in [6, 6.07) is 3.96. The molecule has 0 radical (unpaired) electrons. The molecular weight excluding hydrogens is 434 g/mol. The molecule has 5 nitrogen and oxygen atoms in total. The molecule has 1 aromatic carbocycles. The second-order valence-electron chi connectivity index (χ2n) is 3.24. The molecule has 3 aromatic rings. The molecule has 16 heavy (non-hydrogen) atoms. The Bertz CT molecular complexity index is 761. The van der Waals surface area contributed by atoms with Gasteiger partial charge in [-0.15, -0.1) is 0 Å². The first-order chi connectivity index (χ1) is 7.66. The van der Waals surface area contributed by atoms with E-state index in [1.807, 2.05) is 12.1 Å². The van der Waals surface area contributed by atoms with Gasteiger partial charge in [-0.25, -0.2) is 9.78 Å². The van der Waals surface area contributed by atoms with E-state index in [2.05, 4.69) is 60.2 Å². The predicted molar refractivity (Wildman–Crippen MR) is 76.5 cm³/mol. The quantitative estimate of drug-likeness (QED) is 0.545. The minimum Gasteiger partial charge on any atom is -0.305 e. The second-order valence-corrected chi connectivity index (χ2v) is 5.64. The third kappa shape index (κ3) is 1.44. The monoisotopic (exact) mass is 438 g/mol. The van der Waals surface area contributed by atoms with E-state index in [0.717, 1.165) is 18.0 Å². The van der Waals surface area contributed by atoms with Gasteiger partial charge in [0.15, 0.2) is 5.65 Å². The zero-order chi connectivity index (χ0) is 11.3. The lowest BCUT2D eigenvalue weighted by atomic mass is 10.2. The number of benzene rings is 1. The van der Waals surface area contributed by atoms with Gasteiger partial charge in [-0.1, -0.05) is 0 Å². The van der Waals surface area contributed by atoms with Gasteiger partial charge in [-0.2, -0.15) is 9.61 Å². The van der Waals surface area contributed by atoms with Gasteiger partial charge in [0.2, 0.25) is 0 Å². The fourth-order valence-electron chi connectivity index (χ4n) is 1.63. The van der Waals surface area contributed by atoms with Gasteiger partial charge in [-0.05, 0) is 57.3 Å². The first kappa shape index (κ1) is 10.4. The Kier molecular flexibility index (Phi) is 2.38. The van der Waals surface area contributed by atoms with Gasteiger partial charge < -0.3 is 4.98 Å². The Balaban J connectivity index is 2.70. The van der Waals surface area contributed by atoms with Crippen molar-refractivity contribution in [2.75, 3.05) is 0 Å². The number of fused-ring (bicyclic) bond motifs is 3. The van der Waals surface area contributed by atoms with Crippen LogP contribution in [-0.2, 0) is 0 Å². The SMILES string of the molecule is O=c1[nH]c2cc(I)cc(I)c2c2ncnn12. The summed E-state index contributed by atoms with van der Waals surface area (Å²) in [5.41, 5.74) is 1.12. The Hall–Kier alpha value is -0.710. The van der Waals surface area contributed by atoms with Gasteiger partial charge in [0.05, 0.1) is 10.9 Å². The zero-order valence-electron chi connectivity index (χ0n) is 7.74. The third-order valence-corrected chi connectivity index (χ3v) is 3.73. The first-order valence-corrected chi connectivity index (χ1v) is 6.53. The van der Waals surface area contributed by atoms with Crippen molar-refractivity contribution in [3.8, 4) is 0 Å². The molecule has 2 aromatic heterocycles. The van der Waals surface area contributed by atoms with Gasteiger partial charge in [0.1, 0.15) is 6.33 Å². The number of H-pyrrole nitrogens is 1. The average molecular weight is 438 g/mol. The molecule has 3 rings (SSSR count). The zero-order valence-corrected chi connectivity index (χ0v) is 12.1. The van der Waals surface area contributed by atoms with E-state index >= 15 is 0 Å². The van der Waals surface area contributed by atoms with Gasteiger partial charge in [-0.3, -0.25) is 0 Å². The van der Waals surface area contributed by atoms with Crippen LogP contribution >= 0.6 is 45.2 Å². The van der Waals surface area contributed by atoms with Crippen molar-refractivity contribution in [1.82, 2.24) is 19.6 Å². The number of hydrogen-bond acceptors (Lipinski definition) is 3. The molecular formula is C9H4I2N4O. The van der Waals surface area contributed by atoms with E-state index < -0.39 is 0 Å². The highest BCUT2D eigenvalue weighted by Crippen LogP contribution is 2.23. The lowest BCUT2D eigenvalue weighted by molar-refractivity contribution is 0.881. The van der Waals surface area contributed by atoms with Crippen LogP contribution in [0.1, 0.15) is 0 Å². The van der Waals surface area contributed by atoms with E-state index in [9.17, 15) is 4.79 Å². The maximum atomic E-state index is 11.7. The van der Waals surface area contributed by atoms with Crippen molar-refractivity contribution >= 4 is 61.7 Å². The molecule has 80 valence electrons. The summed E-state index contributed by atoms with van der Waals surface area (Å²) in [7, 11) is 0. The number of hydrogen-bond donors (Lipinski definition) is 1. The second kappa shape index (κ2) is 3.65. The topological polar surface area (TPSA) is 63.0 Å². The van der Waals surface area contributed by atoms with Gasteiger partial charge in [0.25, 0.3) is 0 Å². The fraction of sp³-hybridized carbons (Fsp3) is 0. The molecule has 0 saturated carbocycles. The molecule has 0 amide bonds. The normalized spacial score (nSPS) is 11.4. The van der Waals surface area contributed by atoms with E-state index in [4.69, 9.17) is 0 Å². The molecule has 2 heterocycles. The van der Waals surface area contributed by atoms with Crippen LogP contribution in [0, 0.1) is 7.14 Å². The summed E-state index contributed by atoms with van der Waals surface area (Å²) in [5.74, 6) is 0. The number of halogens is 2. The molecule has 0 aliphatic rings. The van der Waals surface area contributed by atoms with Crippen molar-refractivity contribution in [1.29, 1.82) is 0 Å². The molecule has 0 unspecified atom stereocenters. The number of nitrogens with zero attached hydrogens (tertiary/aromatic N) is 3. The van der Waals surface area contributed by atoms with E-state index in [1.54, 1.807) is 0 Å². The molecule has 7 heteroatoms. The average Bonchev–Trinajstić information content (AvgIpc) is 2.65. The van der Waals surface area contributed by atoms with Crippen molar-refractivity contribution in [3.05, 3.63) is 36.1 Å². The van der Waals surface area contributed by atoms with Crippen LogP contribution in [0.3, 0.4) is 0 Å². The lowest BCUT2D eigenvalue weighted by Crippen LogP contribution is -2.17. The summed E-state index contributed by atoms with van der Waals surface area (Å²) in [4.78, 5) is 18.6. The Labute approximate surface area is 117 Å². The van der Waals surface area contributed by atoms with Crippen LogP contribution in [0.2, 0.25) is 0 Å². The number of aromatic amines is 1. The minimum absolute atomic E-state index is 0.266. The minimum atomic E-state index is -0.266. The highest BCUT2D eigenvalue weighted by Gasteiger charge is 2.10. The first-order valence-electron chi connectivity index (χ1n) is 4.37. The molecule has 0 aliphatic heterocycles. The standard InChI is InChI=1S/C9H4I2N4O/c10-4-1-5(11)7-6(2-4)14-9(16)15-8(7)12-3-13-15/h1-3H,(H,14,16). The lowest BCUT2D eigenvalue weighted by Gasteiger charge is -2.02. The molecule has 0 fully saturated rings. The summed E-state index contributed by atoms with van der Waals surface area (Å²) >= 11 is 4.45. The van der Waals surface area contributed by atoms with Gasteiger partial charge >= 0.3 is 5.69 Å². The van der Waals surface area contributed by atoms with Crippen molar-refractivity contribution < 1.29 is 0 Å². The Morgan fingerprint density at radius 1 is 1.31 bits per heavy atom. The number of rotatable bonds is 0. The summed E-state index contributed by atoms with van der Waals surface area (Å²) in [6.45, 7) is 0. The van der Waals surface area contributed by atoms with Crippen molar-refractivity contribution in [3.63, 3.8) is 0 Å². The third-order valence-electron chi connectivity index (χ3n) is 2.26. The van der Waals surface area contributed by atoms with Crippen molar-refractivity contribution in [2.45, 2.75) is 0 Å². The van der Waals surface area contributed by atoms with Crippen LogP contribution in [0.25, 0.3) is 16.6 Å². The van der Waals surface area contributed by atoms with Crippen LogP contribution in [-0.4, -0.2) is 19.6 Å². The number of nitrogens with one attached hydrogen (secondary N) is 1. The van der Waals surface area contributed by atoms with Crippen LogP contribution in [0.5, 0.6) is 0 Å². The Morgan fingerprint density at radius 2 is 2.12 bits per heavy atom. The van der Waals surface area contributed by atoms with Gasteiger partial charge in [0, 0.05) is 7.14 Å². The molecule has 0 atom stereocenters. The maximum absolute atomic E-state index is 11.7. The maximum Gasteiger partial charge on any atom is 0.348 e. The summed E-state index contributed by atoms with van der Waals surface area (Å²) in [6.07, 6.45) is 1.39. The predicted octanol–water partition coefficient (Wildman–Crippen LogP) is 1.78. The number of aromatic nitrogens is 4. The molecule has 0 aliphatic carbocycles. The van der Waals surface area contributed by atoms with E-state index in [1.165, 1.54) is 10.8 Å². The molecule has 0 bridgehead atoms. The molecule has 1 N–H and O–H groups in total. The van der Waals surface area contributed by atoms with E-state index in [-0.39, 0.29) is 5.69 Å². The van der Waals surface area contributed by atoms with Crippen LogP contribution in [0.4, 0.5) is 0 Å². The highest BCUT2D eigenvalue weighted by atomic mass is 127. The smallest absolute Gasteiger partial charge is 0.305 e. The highest BCUT2D eigenvalue weighted by molar-refractivity contribution is 14.1. The summed E-state index contributed by atoms with van der Waals surface area (Å²) < 4.78 is 3.40. The largest absolute Gasteiger partial charge is 0.348 e.